The molecule has 7 nitrogen and oxygen atoms in total. The molecule has 176 valence electrons. The van der Waals surface area contributed by atoms with Crippen LogP contribution in [0.5, 0.6) is 0 Å². The molecule has 1 saturated heterocycles. The number of rotatable bonds is 7. The second-order valence-electron chi connectivity index (χ2n) is 8.24. The molecule has 0 spiro atoms. The maximum Gasteiger partial charge on any atom is 0.237 e. The van der Waals surface area contributed by atoms with Gasteiger partial charge in [0.05, 0.1) is 11.8 Å². The number of benzene rings is 2. The molecule has 2 aromatic heterocycles. The minimum absolute atomic E-state index is 0.0880. The quantitative estimate of drug-likeness (QED) is 0.291. The van der Waals surface area contributed by atoms with Crippen molar-refractivity contribution in [3.8, 4) is 17.1 Å². The van der Waals surface area contributed by atoms with Gasteiger partial charge in [-0.2, -0.15) is 4.98 Å². The Morgan fingerprint density at radius 3 is 2.65 bits per heavy atom. The second kappa shape index (κ2) is 10.2. The van der Waals surface area contributed by atoms with Gasteiger partial charge in [-0.15, -0.1) is 10.2 Å². The number of thioether (sulfide) groups is 1. The molecule has 3 heterocycles. The lowest BCUT2D eigenvalue weighted by molar-refractivity contribution is 0.167. The van der Waals surface area contributed by atoms with Crippen LogP contribution in [-0.2, 0) is 5.75 Å². The van der Waals surface area contributed by atoms with Gasteiger partial charge in [-0.05, 0) is 69.3 Å². The van der Waals surface area contributed by atoms with Crippen molar-refractivity contribution in [1.82, 2.24) is 29.8 Å². The standard InChI is InChI=1S/C24H24ClFN6OS/c1-16(31-12-3-2-4-13-31)23-28-29-24(32(23)20-10-8-19(26)9-11-20)34-15-21-27-22(30-33-21)17-6-5-7-18(25)14-17/h5-11,14,16H,2-4,12-13,15H2,1H3. The Morgan fingerprint density at radius 1 is 1.09 bits per heavy atom. The first-order valence-corrected chi connectivity index (χ1v) is 12.6. The molecule has 0 amide bonds. The van der Waals surface area contributed by atoms with E-state index in [0.29, 0.717) is 27.6 Å². The van der Waals surface area contributed by atoms with Crippen LogP contribution in [-0.4, -0.2) is 42.9 Å². The van der Waals surface area contributed by atoms with Crippen molar-refractivity contribution in [2.75, 3.05) is 13.1 Å². The molecule has 1 atom stereocenters. The lowest BCUT2D eigenvalue weighted by Gasteiger charge is -2.31. The monoisotopic (exact) mass is 498 g/mol. The van der Waals surface area contributed by atoms with Gasteiger partial charge < -0.3 is 4.52 Å². The van der Waals surface area contributed by atoms with E-state index in [1.165, 1.54) is 43.2 Å². The molecule has 0 radical (unpaired) electrons. The molecule has 1 aliphatic rings. The van der Waals surface area contributed by atoms with Crippen molar-refractivity contribution in [1.29, 1.82) is 0 Å². The van der Waals surface area contributed by atoms with Gasteiger partial charge in [0, 0.05) is 16.3 Å². The average molecular weight is 499 g/mol. The molecule has 4 aromatic rings. The van der Waals surface area contributed by atoms with Crippen molar-refractivity contribution in [2.24, 2.45) is 0 Å². The Morgan fingerprint density at radius 2 is 1.88 bits per heavy atom. The molecule has 1 unspecified atom stereocenters. The summed E-state index contributed by atoms with van der Waals surface area (Å²) < 4.78 is 21.1. The van der Waals surface area contributed by atoms with Crippen molar-refractivity contribution in [3.63, 3.8) is 0 Å². The van der Waals surface area contributed by atoms with E-state index in [1.54, 1.807) is 24.3 Å². The summed E-state index contributed by atoms with van der Waals surface area (Å²) in [5.41, 5.74) is 1.61. The summed E-state index contributed by atoms with van der Waals surface area (Å²) in [4.78, 5) is 6.92. The summed E-state index contributed by atoms with van der Waals surface area (Å²) in [5, 5.41) is 14.4. The summed E-state index contributed by atoms with van der Waals surface area (Å²) in [5.74, 6) is 1.93. The van der Waals surface area contributed by atoms with Crippen LogP contribution in [0.15, 0.2) is 58.2 Å². The SMILES string of the molecule is CC(c1nnc(SCc2nc(-c3cccc(Cl)c3)no2)n1-c1ccc(F)cc1)N1CCCCC1. The van der Waals surface area contributed by atoms with E-state index in [-0.39, 0.29) is 11.9 Å². The molecule has 1 aliphatic heterocycles. The van der Waals surface area contributed by atoms with Crippen molar-refractivity contribution >= 4 is 23.4 Å². The number of hydrogen-bond acceptors (Lipinski definition) is 7. The molecule has 0 saturated carbocycles. The molecule has 0 N–H and O–H groups in total. The van der Waals surface area contributed by atoms with Gasteiger partial charge in [-0.25, -0.2) is 4.39 Å². The molecular formula is C24H24ClFN6OS. The van der Waals surface area contributed by atoms with Crippen LogP contribution in [0, 0.1) is 5.82 Å². The first kappa shape index (κ1) is 23.0. The van der Waals surface area contributed by atoms with Gasteiger partial charge >= 0.3 is 0 Å². The molecule has 10 heteroatoms. The Kier molecular flexibility index (Phi) is 6.94. The van der Waals surface area contributed by atoms with Crippen molar-refractivity contribution < 1.29 is 8.91 Å². The number of aromatic nitrogens is 5. The van der Waals surface area contributed by atoms with Gasteiger partial charge in [-0.3, -0.25) is 9.47 Å². The Labute approximate surface area is 206 Å². The molecule has 2 aromatic carbocycles. The minimum Gasteiger partial charge on any atom is -0.338 e. The minimum atomic E-state index is -0.281. The molecule has 1 fully saturated rings. The lowest BCUT2D eigenvalue weighted by atomic mass is 10.1. The largest absolute Gasteiger partial charge is 0.338 e. The van der Waals surface area contributed by atoms with E-state index in [0.717, 1.165) is 30.2 Å². The Bertz CT molecular complexity index is 1250. The molecule has 0 aliphatic carbocycles. The Hall–Kier alpha value is -2.75. The highest BCUT2D eigenvalue weighted by Crippen LogP contribution is 2.31. The number of hydrogen-bond donors (Lipinski definition) is 0. The zero-order valence-electron chi connectivity index (χ0n) is 18.7. The van der Waals surface area contributed by atoms with Crippen molar-refractivity contribution in [2.45, 2.75) is 43.1 Å². The highest BCUT2D eigenvalue weighted by molar-refractivity contribution is 7.98. The van der Waals surface area contributed by atoms with E-state index in [9.17, 15) is 4.39 Å². The zero-order valence-corrected chi connectivity index (χ0v) is 20.3. The summed E-state index contributed by atoms with van der Waals surface area (Å²) in [6.45, 7) is 4.22. The van der Waals surface area contributed by atoms with E-state index < -0.39 is 0 Å². The molecule has 0 bridgehead atoms. The van der Waals surface area contributed by atoms with E-state index in [1.807, 2.05) is 16.7 Å². The van der Waals surface area contributed by atoms with E-state index in [4.69, 9.17) is 16.1 Å². The van der Waals surface area contributed by atoms with Gasteiger partial charge in [0.2, 0.25) is 11.7 Å². The highest BCUT2D eigenvalue weighted by Gasteiger charge is 2.26. The first-order valence-electron chi connectivity index (χ1n) is 11.2. The fourth-order valence-corrected chi connectivity index (χ4v) is 5.12. The number of nitrogens with zero attached hydrogens (tertiary/aromatic N) is 6. The smallest absolute Gasteiger partial charge is 0.237 e. The lowest BCUT2D eigenvalue weighted by Crippen LogP contribution is -2.33. The summed E-state index contributed by atoms with van der Waals surface area (Å²) >= 11 is 7.53. The van der Waals surface area contributed by atoms with Gasteiger partial charge in [-0.1, -0.05) is 47.1 Å². The van der Waals surface area contributed by atoms with E-state index >= 15 is 0 Å². The third-order valence-electron chi connectivity index (χ3n) is 5.93. The van der Waals surface area contributed by atoms with Crippen LogP contribution in [0.3, 0.4) is 0 Å². The summed E-state index contributed by atoms with van der Waals surface area (Å²) in [6.07, 6.45) is 3.63. The van der Waals surface area contributed by atoms with Crippen LogP contribution in [0.4, 0.5) is 4.39 Å². The third kappa shape index (κ3) is 5.01. The summed E-state index contributed by atoms with van der Waals surface area (Å²) in [7, 11) is 0. The van der Waals surface area contributed by atoms with Crippen LogP contribution in [0.1, 0.15) is 43.9 Å². The fraction of sp³-hybridized carbons (Fsp3) is 0.333. The van der Waals surface area contributed by atoms with Gasteiger partial charge in [0.15, 0.2) is 11.0 Å². The van der Waals surface area contributed by atoms with E-state index in [2.05, 4.69) is 32.2 Å². The second-order valence-corrected chi connectivity index (χ2v) is 9.61. The van der Waals surface area contributed by atoms with Crippen LogP contribution in [0.2, 0.25) is 5.02 Å². The number of halogens is 2. The van der Waals surface area contributed by atoms with Crippen LogP contribution in [0.25, 0.3) is 17.1 Å². The average Bonchev–Trinajstić information content (AvgIpc) is 3.51. The normalized spacial score (nSPS) is 15.5. The van der Waals surface area contributed by atoms with Gasteiger partial charge in [0.1, 0.15) is 5.82 Å². The predicted molar refractivity (Wildman–Crippen MR) is 129 cm³/mol. The fourth-order valence-electron chi connectivity index (χ4n) is 4.13. The van der Waals surface area contributed by atoms with Gasteiger partial charge in [0.25, 0.3) is 0 Å². The highest BCUT2D eigenvalue weighted by atomic mass is 35.5. The van der Waals surface area contributed by atoms with Crippen molar-refractivity contribution in [3.05, 3.63) is 71.1 Å². The number of likely N-dealkylation sites (tertiary alicyclic amines) is 1. The maximum atomic E-state index is 13.6. The predicted octanol–water partition coefficient (Wildman–Crippen LogP) is 5.95. The molecule has 5 rings (SSSR count). The topological polar surface area (TPSA) is 72.9 Å². The number of piperidine rings is 1. The van der Waals surface area contributed by atoms with Crippen LogP contribution < -0.4 is 0 Å². The zero-order chi connectivity index (χ0) is 23.5. The molecule has 34 heavy (non-hydrogen) atoms. The summed E-state index contributed by atoms with van der Waals surface area (Å²) in [6, 6.07) is 13.8. The first-order chi connectivity index (χ1) is 16.6. The Balaban J connectivity index is 1.40. The van der Waals surface area contributed by atoms with Crippen LogP contribution >= 0.6 is 23.4 Å². The molecular weight excluding hydrogens is 475 g/mol. The maximum absolute atomic E-state index is 13.6. The third-order valence-corrected chi connectivity index (χ3v) is 7.08.